The summed E-state index contributed by atoms with van der Waals surface area (Å²) in [6.07, 6.45) is 2.41. The third-order valence-electron chi connectivity index (χ3n) is 3.14. The van der Waals surface area contributed by atoms with Gasteiger partial charge in [0, 0.05) is 0 Å². The van der Waals surface area contributed by atoms with Crippen LogP contribution in [0.5, 0.6) is 5.75 Å². The van der Waals surface area contributed by atoms with Crippen LogP contribution in [0.1, 0.15) is 25.8 Å². The van der Waals surface area contributed by atoms with Gasteiger partial charge in [0.2, 0.25) is 0 Å². The Labute approximate surface area is 167 Å². The number of carbonyl (C=O) groups excluding carboxylic acids is 1. The number of aromatic nitrogens is 3. The van der Waals surface area contributed by atoms with Crippen LogP contribution in [0, 0.1) is 0 Å². The molecule has 1 amide bonds. The van der Waals surface area contributed by atoms with Crippen LogP contribution in [0.2, 0.25) is 0 Å². The number of carbonyl (C=O) groups is 1. The van der Waals surface area contributed by atoms with Crippen molar-refractivity contribution in [2.24, 2.45) is 5.10 Å². The third-order valence-corrected chi connectivity index (χ3v) is 4.83. The second-order valence-electron chi connectivity index (χ2n) is 5.34. The SMILES string of the molecule is CCCOc1ccc(/C=N/NC(=O)C(C)Sc2n[nH]c(=O)[nH]c2=O)cc1Br. The van der Waals surface area contributed by atoms with Crippen molar-refractivity contribution < 1.29 is 9.53 Å². The van der Waals surface area contributed by atoms with Gasteiger partial charge in [-0.2, -0.15) is 10.2 Å². The van der Waals surface area contributed by atoms with Gasteiger partial charge in [0.15, 0.2) is 5.03 Å². The van der Waals surface area contributed by atoms with Gasteiger partial charge in [-0.25, -0.2) is 15.3 Å². The first kappa shape index (κ1) is 20.9. The molecule has 0 fully saturated rings. The third kappa shape index (κ3) is 6.36. The number of rotatable bonds is 8. The number of thioether (sulfide) groups is 1. The van der Waals surface area contributed by atoms with Crippen LogP contribution in [-0.4, -0.2) is 39.2 Å². The Hall–Kier alpha value is -2.40. The molecule has 0 bridgehead atoms. The van der Waals surface area contributed by atoms with Gasteiger partial charge in [0.1, 0.15) is 5.75 Å². The lowest BCUT2D eigenvalue weighted by atomic mass is 10.2. The average molecular weight is 456 g/mol. The maximum absolute atomic E-state index is 12.1. The van der Waals surface area contributed by atoms with E-state index in [0.717, 1.165) is 34.0 Å². The minimum atomic E-state index is -0.705. The first-order valence-corrected chi connectivity index (χ1v) is 9.69. The normalized spacial score (nSPS) is 12.1. The van der Waals surface area contributed by atoms with Crippen LogP contribution in [0.4, 0.5) is 0 Å². The number of aromatic amines is 2. The molecule has 2 aromatic rings. The Morgan fingerprint density at radius 1 is 1.48 bits per heavy atom. The molecule has 9 nitrogen and oxygen atoms in total. The summed E-state index contributed by atoms with van der Waals surface area (Å²) in [7, 11) is 0. The number of ether oxygens (including phenoxy) is 1. The fourth-order valence-electron chi connectivity index (χ4n) is 1.83. The lowest BCUT2D eigenvalue weighted by molar-refractivity contribution is -0.120. The number of amides is 1. The number of halogens is 1. The number of hydrazone groups is 1. The van der Waals surface area contributed by atoms with Crippen molar-refractivity contribution in [2.45, 2.75) is 30.5 Å². The van der Waals surface area contributed by atoms with E-state index in [1.807, 2.05) is 30.1 Å². The molecule has 27 heavy (non-hydrogen) atoms. The fraction of sp³-hybridized carbons (Fsp3) is 0.312. The predicted octanol–water partition coefficient (Wildman–Crippen LogP) is 1.64. The molecule has 0 saturated carbocycles. The zero-order valence-corrected chi connectivity index (χ0v) is 17.0. The maximum atomic E-state index is 12.1. The van der Waals surface area contributed by atoms with E-state index in [4.69, 9.17) is 4.74 Å². The van der Waals surface area contributed by atoms with Crippen LogP contribution in [0.3, 0.4) is 0 Å². The lowest BCUT2D eigenvalue weighted by Crippen LogP contribution is -2.30. The molecule has 1 heterocycles. The summed E-state index contributed by atoms with van der Waals surface area (Å²) in [4.78, 5) is 36.6. The highest BCUT2D eigenvalue weighted by Gasteiger charge is 2.17. The van der Waals surface area contributed by atoms with Crippen molar-refractivity contribution in [1.29, 1.82) is 0 Å². The Morgan fingerprint density at radius 2 is 2.26 bits per heavy atom. The molecular weight excluding hydrogens is 438 g/mol. The minimum absolute atomic E-state index is 0.00664. The van der Waals surface area contributed by atoms with Gasteiger partial charge >= 0.3 is 5.69 Å². The second kappa shape index (κ2) is 10.1. The van der Waals surface area contributed by atoms with E-state index >= 15 is 0 Å². The Morgan fingerprint density at radius 3 is 2.93 bits per heavy atom. The summed E-state index contributed by atoms with van der Waals surface area (Å²) in [5.74, 6) is 0.326. The summed E-state index contributed by atoms with van der Waals surface area (Å²) in [5.41, 5.74) is 1.81. The summed E-state index contributed by atoms with van der Waals surface area (Å²) in [6, 6.07) is 5.45. The fourth-order valence-corrected chi connectivity index (χ4v) is 3.09. The van der Waals surface area contributed by atoms with Gasteiger partial charge in [-0.05, 0) is 53.0 Å². The van der Waals surface area contributed by atoms with Crippen molar-refractivity contribution >= 4 is 39.8 Å². The van der Waals surface area contributed by atoms with Crippen molar-refractivity contribution in [3.05, 3.63) is 49.1 Å². The van der Waals surface area contributed by atoms with E-state index in [9.17, 15) is 14.4 Å². The number of hydrogen-bond donors (Lipinski definition) is 3. The summed E-state index contributed by atoms with van der Waals surface area (Å²) in [6.45, 7) is 4.25. The van der Waals surface area contributed by atoms with Crippen molar-refractivity contribution in [2.75, 3.05) is 6.61 Å². The first-order valence-electron chi connectivity index (χ1n) is 8.01. The zero-order valence-electron chi connectivity index (χ0n) is 14.6. The average Bonchev–Trinajstić information content (AvgIpc) is 2.63. The standard InChI is InChI=1S/C16H18BrN5O4S/c1-3-6-26-12-5-4-10(7-11(12)17)8-18-20-13(23)9(2)27-15-14(24)19-16(25)22-21-15/h4-5,7-9H,3,6H2,1-2H3,(H,20,23)(H2,19,22,24,25)/b18-8+. The highest BCUT2D eigenvalue weighted by molar-refractivity contribution is 9.10. The lowest BCUT2D eigenvalue weighted by Gasteiger charge is -2.08. The topological polar surface area (TPSA) is 129 Å². The maximum Gasteiger partial charge on any atom is 0.342 e. The molecule has 1 aromatic carbocycles. The van der Waals surface area contributed by atoms with Crippen molar-refractivity contribution in [3.8, 4) is 5.75 Å². The van der Waals surface area contributed by atoms with Gasteiger partial charge in [-0.1, -0.05) is 18.7 Å². The summed E-state index contributed by atoms with van der Waals surface area (Å²) < 4.78 is 6.36. The molecule has 0 spiro atoms. The van der Waals surface area contributed by atoms with E-state index < -0.39 is 22.4 Å². The predicted molar refractivity (Wildman–Crippen MR) is 106 cm³/mol. The molecule has 3 N–H and O–H groups in total. The Kier molecular flexibility index (Phi) is 7.80. The van der Waals surface area contributed by atoms with E-state index in [0.29, 0.717) is 6.61 Å². The second-order valence-corrected chi connectivity index (χ2v) is 7.53. The van der Waals surface area contributed by atoms with Gasteiger partial charge in [0.05, 0.1) is 22.5 Å². The molecule has 2 rings (SSSR count). The molecule has 1 unspecified atom stereocenters. The van der Waals surface area contributed by atoms with Gasteiger partial charge in [-0.15, -0.1) is 0 Å². The highest BCUT2D eigenvalue weighted by atomic mass is 79.9. The molecule has 0 aliphatic rings. The summed E-state index contributed by atoms with van der Waals surface area (Å²) >= 11 is 4.34. The van der Waals surface area contributed by atoms with E-state index in [-0.39, 0.29) is 5.03 Å². The number of benzene rings is 1. The molecule has 1 aromatic heterocycles. The van der Waals surface area contributed by atoms with Crippen LogP contribution < -0.4 is 21.4 Å². The molecule has 1 atom stereocenters. The number of hydrogen-bond acceptors (Lipinski definition) is 7. The van der Waals surface area contributed by atoms with Crippen molar-refractivity contribution in [3.63, 3.8) is 0 Å². The van der Waals surface area contributed by atoms with Crippen LogP contribution >= 0.6 is 27.7 Å². The Bertz CT molecular complexity index is 943. The van der Waals surface area contributed by atoms with E-state index in [1.165, 1.54) is 6.21 Å². The van der Waals surface area contributed by atoms with Crippen LogP contribution in [-0.2, 0) is 4.79 Å². The van der Waals surface area contributed by atoms with E-state index in [1.54, 1.807) is 6.92 Å². The van der Waals surface area contributed by atoms with E-state index in [2.05, 4.69) is 36.7 Å². The minimum Gasteiger partial charge on any atom is -0.492 e. The number of H-pyrrole nitrogens is 2. The highest BCUT2D eigenvalue weighted by Crippen LogP contribution is 2.25. The van der Waals surface area contributed by atoms with Gasteiger partial charge in [-0.3, -0.25) is 14.6 Å². The molecule has 0 aliphatic heterocycles. The number of nitrogens with zero attached hydrogens (tertiary/aromatic N) is 2. The van der Waals surface area contributed by atoms with Crippen LogP contribution in [0.25, 0.3) is 0 Å². The Balaban J connectivity index is 1.93. The summed E-state index contributed by atoms with van der Waals surface area (Å²) in [5, 5.41) is 8.99. The van der Waals surface area contributed by atoms with Crippen LogP contribution in [0.15, 0.2) is 42.4 Å². The quantitative estimate of drug-likeness (QED) is 0.315. The molecule has 0 saturated heterocycles. The molecule has 144 valence electrons. The monoisotopic (exact) mass is 455 g/mol. The smallest absolute Gasteiger partial charge is 0.342 e. The van der Waals surface area contributed by atoms with Gasteiger partial charge < -0.3 is 4.74 Å². The molecule has 11 heteroatoms. The number of nitrogens with one attached hydrogen (secondary N) is 3. The first-order chi connectivity index (χ1) is 12.9. The molecule has 0 aliphatic carbocycles. The molecular formula is C16H18BrN5O4S. The van der Waals surface area contributed by atoms with Gasteiger partial charge in [0.25, 0.3) is 11.5 Å². The largest absolute Gasteiger partial charge is 0.492 e. The zero-order chi connectivity index (χ0) is 19.8. The molecule has 0 radical (unpaired) electrons. The van der Waals surface area contributed by atoms with Crippen molar-refractivity contribution in [1.82, 2.24) is 20.6 Å².